The van der Waals surface area contributed by atoms with Crippen LogP contribution in [0.2, 0.25) is 0 Å². The summed E-state index contributed by atoms with van der Waals surface area (Å²) in [7, 11) is 0. The van der Waals surface area contributed by atoms with Crippen molar-refractivity contribution < 1.29 is 4.42 Å². The van der Waals surface area contributed by atoms with Crippen LogP contribution in [0.5, 0.6) is 0 Å². The molecule has 5 nitrogen and oxygen atoms in total. The van der Waals surface area contributed by atoms with Gasteiger partial charge in [0.1, 0.15) is 0 Å². The second-order valence-electron chi connectivity index (χ2n) is 6.80. The monoisotopic (exact) mass is 348 g/mol. The van der Waals surface area contributed by atoms with Crippen molar-refractivity contribution in [2.75, 3.05) is 31.1 Å². The molecular weight excluding hydrogens is 324 g/mol. The fourth-order valence-electron chi connectivity index (χ4n) is 3.53. The number of piperazine rings is 1. The Morgan fingerprint density at radius 2 is 1.58 bits per heavy atom. The number of hydrogen-bond acceptors (Lipinski definition) is 5. The standard InChI is InChI=1S/C21H24N4O/c1-16-8-6-7-11-19(16)25-14-12-24(13-15-25)17(2)20-22-23-21(26-20)18-9-4-3-5-10-18/h3-11,17H,12-15H2,1-2H3/t17-/m1/s1. The highest BCUT2D eigenvalue weighted by molar-refractivity contribution is 5.53. The van der Waals surface area contributed by atoms with Crippen molar-refractivity contribution in [3.63, 3.8) is 0 Å². The molecule has 4 rings (SSSR count). The van der Waals surface area contributed by atoms with E-state index < -0.39 is 0 Å². The second-order valence-corrected chi connectivity index (χ2v) is 6.80. The van der Waals surface area contributed by atoms with Gasteiger partial charge in [-0.3, -0.25) is 4.90 Å². The molecule has 1 atom stereocenters. The average molecular weight is 348 g/mol. The average Bonchev–Trinajstić information content (AvgIpc) is 3.19. The number of aryl methyl sites for hydroxylation is 1. The van der Waals surface area contributed by atoms with E-state index in [2.05, 4.69) is 58.1 Å². The molecule has 0 spiro atoms. The highest BCUT2D eigenvalue weighted by atomic mass is 16.4. The van der Waals surface area contributed by atoms with Crippen LogP contribution in [0.3, 0.4) is 0 Å². The zero-order chi connectivity index (χ0) is 17.9. The lowest BCUT2D eigenvalue weighted by atomic mass is 10.1. The van der Waals surface area contributed by atoms with E-state index in [9.17, 15) is 0 Å². The molecule has 1 aromatic heterocycles. The molecule has 0 saturated carbocycles. The molecule has 0 aliphatic carbocycles. The van der Waals surface area contributed by atoms with Gasteiger partial charge in [0, 0.05) is 37.4 Å². The lowest BCUT2D eigenvalue weighted by molar-refractivity contribution is 0.173. The third-order valence-electron chi connectivity index (χ3n) is 5.14. The van der Waals surface area contributed by atoms with Crippen molar-refractivity contribution >= 4 is 5.69 Å². The van der Waals surface area contributed by atoms with Gasteiger partial charge in [-0.1, -0.05) is 36.4 Å². The van der Waals surface area contributed by atoms with Crippen molar-refractivity contribution in [2.45, 2.75) is 19.9 Å². The van der Waals surface area contributed by atoms with E-state index in [-0.39, 0.29) is 6.04 Å². The van der Waals surface area contributed by atoms with Crippen LogP contribution >= 0.6 is 0 Å². The topological polar surface area (TPSA) is 45.4 Å². The van der Waals surface area contributed by atoms with Crippen LogP contribution in [0.4, 0.5) is 5.69 Å². The molecule has 1 fully saturated rings. The summed E-state index contributed by atoms with van der Waals surface area (Å²) >= 11 is 0. The van der Waals surface area contributed by atoms with Crippen LogP contribution in [0, 0.1) is 6.92 Å². The molecule has 134 valence electrons. The van der Waals surface area contributed by atoms with E-state index in [1.54, 1.807) is 0 Å². The Morgan fingerprint density at radius 3 is 2.31 bits per heavy atom. The van der Waals surface area contributed by atoms with E-state index >= 15 is 0 Å². The van der Waals surface area contributed by atoms with Gasteiger partial charge in [-0.25, -0.2) is 0 Å². The first-order valence-electron chi connectivity index (χ1n) is 9.16. The maximum Gasteiger partial charge on any atom is 0.247 e. The van der Waals surface area contributed by atoms with Crippen molar-refractivity contribution in [3.05, 3.63) is 66.1 Å². The Labute approximate surface area is 154 Å². The minimum atomic E-state index is 0.124. The van der Waals surface area contributed by atoms with Crippen molar-refractivity contribution in [1.82, 2.24) is 15.1 Å². The SMILES string of the molecule is Cc1ccccc1N1CCN([C@H](C)c2nnc(-c3ccccc3)o2)CC1. The zero-order valence-electron chi connectivity index (χ0n) is 15.3. The normalized spacial score (nSPS) is 16.6. The Hall–Kier alpha value is -2.66. The van der Waals surface area contributed by atoms with Gasteiger partial charge in [0.25, 0.3) is 0 Å². The van der Waals surface area contributed by atoms with Gasteiger partial charge in [0.15, 0.2) is 0 Å². The predicted molar refractivity (Wildman–Crippen MR) is 103 cm³/mol. The van der Waals surface area contributed by atoms with Crippen LogP contribution in [0.1, 0.15) is 24.4 Å². The van der Waals surface area contributed by atoms with Gasteiger partial charge in [0.2, 0.25) is 11.8 Å². The predicted octanol–water partition coefficient (Wildman–Crippen LogP) is 3.93. The largest absolute Gasteiger partial charge is 0.419 e. The van der Waals surface area contributed by atoms with Gasteiger partial charge >= 0.3 is 0 Å². The molecule has 0 bridgehead atoms. The first kappa shape index (κ1) is 16.8. The van der Waals surface area contributed by atoms with E-state index in [1.165, 1.54) is 11.3 Å². The fraction of sp³-hybridized carbons (Fsp3) is 0.333. The maximum absolute atomic E-state index is 5.94. The lowest BCUT2D eigenvalue weighted by Gasteiger charge is -2.38. The summed E-state index contributed by atoms with van der Waals surface area (Å²) < 4.78 is 5.94. The third-order valence-corrected chi connectivity index (χ3v) is 5.14. The zero-order valence-corrected chi connectivity index (χ0v) is 15.3. The smallest absolute Gasteiger partial charge is 0.247 e. The first-order valence-corrected chi connectivity index (χ1v) is 9.16. The molecular formula is C21H24N4O. The summed E-state index contributed by atoms with van der Waals surface area (Å²) in [6.45, 7) is 8.31. The molecule has 3 aromatic rings. The molecule has 0 amide bonds. The molecule has 1 aliphatic heterocycles. The number of hydrogen-bond donors (Lipinski definition) is 0. The van der Waals surface area contributed by atoms with Crippen molar-refractivity contribution in [2.24, 2.45) is 0 Å². The quantitative estimate of drug-likeness (QED) is 0.715. The molecule has 5 heteroatoms. The molecule has 0 unspecified atom stereocenters. The van der Waals surface area contributed by atoms with Crippen molar-refractivity contribution in [1.29, 1.82) is 0 Å². The number of rotatable bonds is 4. The molecule has 1 saturated heterocycles. The lowest BCUT2D eigenvalue weighted by Crippen LogP contribution is -2.47. The summed E-state index contributed by atoms with van der Waals surface area (Å²) in [6.07, 6.45) is 0. The third kappa shape index (κ3) is 3.35. The summed E-state index contributed by atoms with van der Waals surface area (Å²) in [5.74, 6) is 1.28. The Morgan fingerprint density at radius 1 is 0.885 bits per heavy atom. The summed E-state index contributed by atoms with van der Waals surface area (Å²) in [5.41, 5.74) is 3.63. The minimum Gasteiger partial charge on any atom is -0.419 e. The summed E-state index contributed by atoms with van der Waals surface area (Å²) in [5, 5.41) is 8.51. The Bertz CT molecular complexity index is 853. The molecule has 2 heterocycles. The number of para-hydroxylation sites is 1. The van der Waals surface area contributed by atoms with Crippen LogP contribution < -0.4 is 4.90 Å². The van der Waals surface area contributed by atoms with E-state index in [0.29, 0.717) is 11.8 Å². The highest BCUT2D eigenvalue weighted by Crippen LogP contribution is 2.26. The van der Waals surface area contributed by atoms with E-state index in [1.807, 2.05) is 30.3 Å². The number of benzene rings is 2. The van der Waals surface area contributed by atoms with E-state index in [0.717, 1.165) is 31.7 Å². The Kier molecular flexibility index (Phi) is 4.71. The number of nitrogens with zero attached hydrogens (tertiary/aromatic N) is 4. The first-order chi connectivity index (χ1) is 12.7. The molecule has 26 heavy (non-hydrogen) atoms. The number of aromatic nitrogens is 2. The molecule has 0 N–H and O–H groups in total. The molecule has 0 radical (unpaired) electrons. The fourth-order valence-corrected chi connectivity index (χ4v) is 3.53. The van der Waals surface area contributed by atoms with E-state index in [4.69, 9.17) is 4.42 Å². The van der Waals surface area contributed by atoms with Crippen LogP contribution in [-0.4, -0.2) is 41.3 Å². The number of anilines is 1. The summed E-state index contributed by atoms with van der Waals surface area (Å²) in [6, 6.07) is 18.6. The minimum absolute atomic E-state index is 0.124. The van der Waals surface area contributed by atoms with Crippen LogP contribution in [0.15, 0.2) is 59.0 Å². The second kappa shape index (κ2) is 7.30. The van der Waals surface area contributed by atoms with Gasteiger partial charge in [-0.15, -0.1) is 10.2 Å². The Balaban J connectivity index is 1.42. The van der Waals surface area contributed by atoms with Gasteiger partial charge in [-0.05, 0) is 37.6 Å². The molecule has 2 aromatic carbocycles. The van der Waals surface area contributed by atoms with Gasteiger partial charge in [-0.2, -0.15) is 0 Å². The van der Waals surface area contributed by atoms with Gasteiger partial charge in [0.05, 0.1) is 6.04 Å². The maximum atomic E-state index is 5.94. The highest BCUT2D eigenvalue weighted by Gasteiger charge is 2.26. The van der Waals surface area contributed by atoms with Gasteiger partial charge < -0.3 is 9.32 Å². The van der Waals surface area contributed by atoms with Crippen LogP contribution in [0.25, 0.3) is 11.5 Å². The molecule has 1 aliphatic rings. The van der Waals surface area contributed by atoms with Crippen LogP contribution in [-0.2, 0) is 0 Å². The summed E-state index contributed by atoms with van der Waals surface area (Å²) in [4.78, 5) is 4.87. The van der Waals surface area contributed by atoms with Crippen molar-refractivity contribution in [3.8, 4) is 11.5 Å².